The molecule has 0 unspecified atom stereocenters. The molecule has 1 rings (SSSR count). The Labute approximate surface area is 177 Å². The van der Waals surface area contributed by atoms with Crippen LogP contribution < -0.4 is 16.0 Å². The number of amides is 3. The molecule has 0 radical (unpaired) electrons. The molecule has 8 nitrogen and oxygen atoms in total. The highest BCUT2D eigenvalue weighted by Gasteiger charge is 2.26. The van der Waals surface area contributed by atoms with Crippen LogP contribution in [0.2, 0.25) is 0 Å². The van der Waals surface area contributed by atoms with Gasteiger partial charge in [0.05, 0.1) is 6.21 Å². The van der Waals surface area contributed by atoms with Crippen molar-refractivity contribution in [3.8, 4) is 0 Å². The molecule has 30 heavy (non-hydrogen) atoms. The number of Topliss-reactive ketones (excluding diaryl/α,β-unsaturated/α-hetero) is 1. The average Bonchev–Trinajstić information content (AvgIpc) is 2.72. The molecule has 164 valence electrons. The summed E-state index contributed by atoms with van der Waals surface area (Å²) in [7, 11) is 0. The maximum atomic E-state index is 12.7. The lowest BCUT2D eigenvalue weighted by atomic mass is 10.1. The average molecular weight is 417 g/mol. The van der Waals surface area contributed by atoms with Crippen molar-refractivity contribution in [2.75, 3.05) is 0 Å². The van der Waals surface area contributed by atoms with Gasteiger partial charge in [-0.3, -0.25) is 19.2 Å². The van der Waals surface area contributed by atoms with Gasteiger partial charge in [-0.2, -0.15) is 0 Å². The van der Waals surface area contributed by atoms with Gasteiger partial charge < -0.3 is 21.4 Å². The maximum Gasteiger partial charge on any atom is 0.243 e. The smallest absolute Gasteiger partial charge is 0.243 e. The molecule has 0 aliphatic heterocycles. The van der Waals surface area contributed by atoms with E-state index >= 15 is 0 Å². The molecule has 0 aliphatic rings. The highest BCUT2D eigenvalue weighted by molar-refractivity contribution is 6.26. The first kappa shape index (κ1) is 25.0. The second-order valence-electron chi connectivity index (χ2n) is 7.31. The number of ketones is 1. The summed E-state index contributed by atoms with van der Waals surface area (Å²) < 4.78 is 0. The standard InChI is InChI=1S/C22H32N4O4/c1-4-5-6-19(25-16(3)27)22(30)26-20(12-11-18(28)13-23)21(29)24-14-17-9-7-15(2)8-10-17/h7-10,13,19-20,23H,4-6,11-12,14H2,1-3H3,(H,24,29)(H,25,27)(H,26,30)/t19-,20-/m0/s1. The summed E-state index contributed by atoms with van der Waals surface area (Å²) >= 11 is 0. The zero-order valence-electron chi connectivity index (χ0n) is 17.9. The number of aryl methyl sites for hydroxylation is 1. The quantitative estimate of drug-likeness (QED) is 0.365. The van der Waals surface area contributed by atoms with Gasteiger partial charge in [0.1, 0.15) is 12.1 Å². The van der Waals surface area contributed by atoms with E-state index in [4.69, 9.17) is 5.41 Å². The molecular formula is C22H32N4O4. The van der Waals surface area contributed by atoms with E-state index in [1.807, 2.05) is 38.1 Å². The molecule has 0 heterocycles. The lowest BCUT2D eigenvalue weighted by Crippen LogP contribution is -2.53. The van der Waals surface area contributed by atoms with Crippen LogP contribution in [0.15, 0.2) is 24.3 Å². The number of hydrogen-bond acceptors (Lipinski definition) is 5. The van der Waals surface area contributed by atoms with Gasteiger partial charge >= 0.3 is 0 Å². The SMILES string of the molecule is CCCC[C@H](NC(C)=O)C(=O)N[C@@H](CCC(=O)C=N)C(=O)NCc1ccc(C)cc1. The third-order valence-corrected chi connectivity index (χ3v) is 4.60. The van der Waals surface area contributed by atoms with Crippen LogP contribution in [0.3, 0.4) is 0 Å². The highest BCUT2D eigenvalue weighted by Crippen LogP contribution is 2.06. The predicted molar refractivity (Wildman–Crippen MR) is 115 cm³/mol. The monoisotopic (exact) mass is 416 g/mol. The first-order chi connectivity index (χ1) is 14.3. The largest absolute Gasteiger partial charge is 0.350 e. The fraction of sp³-hybridized carbons (Fsp3) is 0.500. The Morgan fingerprint density at radius 3 is 2.20 bits per heavy atom. The predicted octanol–water partition coefficient (Wildman–Crippen LogP) is 1.79. The number of unbranched alkanes of at least 4 members (excludes halogenated alkanes) is 1. The third kappa shape index (κ3) is 9.45. The van der Waals surface area contributed by atoms with Crippen molar-refractivity contribution >= 4 is 29.7 Å². The molecule has 0 bridgehead atoms. The van der Waals surface area contributed by atoms with Gasteiger partial charge in [-0.25, -0.2) is 0 Å². The van der Waals surface area contributed by atoms with Crippen LogP contribution >= 0.6 is 0 Å². The van der Waals surface area contributed by atoms with E-state index in [-0.39, 0.29) is 25.3 Å². The van der Waals surface area contributed by atoms with Gasteiger partial charge in [0.25, 0.3) is 0 Å². The molecule has 0 fully saturated rings. The Hall–Kier alpha value is -3.03. The number of rotatable bonds is 13. The van der Waals surface area contributed by atoms with Crippen LogP contribution in [-0.2, 0) is 25.7 Å². The Balaban J connectivity index is 2.82. The highest BCUT2D eigenvalue weighted by atomic mass is 16.2. The number of carbonyl (C=O) groups is 4. The van der Waals surface area contributed by atoms with E-state index in [0.717, 1.165) is 24.0 Å². The molecule has 0 aliphatic carbocycles. The fourth-order valence-electron chi connectivity index (χ4n) is 2.84. The van der Waals surface area contributed by atoms with Gasteiger partial charge in [0.2, 0.25) is 17.7 Å². The fourth-order valence-corrected chi connectivity index (χ4v) is 2.84. The summed E-state index contributed by atoms with van der Waals surface area (Å²) in [4.78, 5) is 48.3. The van der Waals surface area contributed by atoms with Crippen LogP contribution in [0.1, 0.15) is 57.1 Å². The molecule has 8 heteroatoms. The van der Waals surface area contributed by atoms with E-state index in [1.54, 1.807) is 0 Å². The summed E-state index contributed by atoms with van der Waals surface area (Å²) in [6.45, 7) is 5.57. The minimum absolute atomic E-state index is 0.0356. The molecular weight excluding hydrogens is 384 g/mol. The molecule has 1 aromatic rings. The van der Waals surface area contributed by atoms with Crippen molar-refractivity contribution < 1.29 is 19.2 Å². The second kappa shape index (κ2) is 13.2. The van der Waals surface area contributed by atoms with Gasteiger partial charge in [-0.05, 0) is 25.3 Å². The Kier molecular flexibility index (Phi) is 11.0. The van der Waals surface area contributed by atoms with Crippen molar-refractivity contribution in [2.45, 2.75) is 71.5 Å². The zero-order chi connectivity index (χ0) is 22.5. The summed E-state index contributed by atoms with van der Waals surface area (Å²) in [5.74, 6) is -1.63. The Morgan fingerprint density at radius 1 is 1.00 bits per heavy atom. The van der Waals surface area contributed by atoms with Gasteiger partial charge in [-0.1, -0.05) is 49.6 Å². The van der Waals surface area contributed by atoms with E-state index in [9.17, 15) is 19.2 Å². The summed E-state index contributed by atoms with van der Waals surface area (Å²) in [6, 6.07) is 6.00. The van der Waals surface area contributed by atoms with Crippen LogP contribution in [0.4, 0.5) is 0 Å². The van der Waals surface area contributed by atoms with Gasteiger partial charge in [-0.15, -0.1) is 0 Å². The number of nitrogens with one attached hydrogen (secondary N) is 4. The zero-order valence-corrected chi connectivity index (χ0v) is 17.9. The summed E-state index contributed by atoms with van der Waals surface area (Å²) in [5, 5.41) is 15.1. The molecule has 2 atom stereocenters. The van der Waals surface area contributed by atoms with E-state index in [2.05, 4.69) is 16.0 Å². The van der Waals surface area contributed by atoms with Crippen LogP contribution in [0.5, 0.6) is 0 Å². The number of carbonyl (C=O) groups excluding carboxylic acids is 4. The number of benzene rings is 1. The Bertz CT molecular complexity index is 746. The van der Waals surface area contributed by atoms with Crippen LogP contribution in [0, 0.1) is 12.3 Å². The molecule has 4 N–H and O–H groups in total. The van der Waals surface area contributed by atoms with Crippen LogP contribution in [0.25, 0.3) is 0 Å². The minimum atomic E-state index is -0.940. The van der Waals surface area contributed by atoms with Crippen molar-refractivity contribution in [1.29, 1.82) is 5.41 Å². The normalized spacial score (nSPS) is 12.4. The lowest BCUT2D eigenvalue weighted by Gasteiger charge is -2.22. The summed E-state index contributed by atoms with van der Waals surface area (Å²) in [5.41, 5.74) is 2.02. The second-order valence-corrected chi connectivity index (χ2v) is 7.31. The molecule has 0 saturated heterocycles. The minimum Gasteiger partial charge on any atom is -0.350 e. The lowest BCUT2D eigenvalue weighted by molar-refractivity contribution is -0.132. The molecule has 0 spiro atoms. The molecule has 1 aromatic carbocycles. The topological polar surface area (TPSA) is 128 Å². The van der Waals surface area contributed by atoms with Crippen molar-refractivity contribution in [3.63, 3.8) is 0 Å². The third-order valence-electron chi connectivity index (χ3n) is 4.60. The van der Waals surface area contributed by atoms with Gasteiger partial charge in [0.15, 0.2) is 5.78 Å². The van der Waals surface area contributed by atoms with Gasteiger partial charge in [0, 0.05) is 19.9 Å². The molecule has 0 aromatic heterocycles. The van der Waals surface area contributed by atoms with E-state index in [1.165, 1.54) is 6.92 Å². The number of hydrogen-bond donors (Lipinski definition) is 4. The molecule has 3 amide bonds. The Morgan fingerprint density at radius 2 is 1.63 bits per heavy atom. The first-order valence-electron chi connectivity index (χ1n) is 10.2. The van der Waals surface area contributed by atoms with E-state index < -0.39 is 29.7 Å². The first-order valence-corrected chi connectivity index (χ1v) is 10.2. The maximum absolute atomic E-state index is 12.7. The molecule has 0 saturated carbocycles. The van der Waals surface area contributed by atoms with E-state index in [0.29, 0.717) is 12.6 Å². The summed E-state index contributed by atoms with van der Waals surface area (Å²) in [6.07, 6.45) is 2.79. The van der Waals surface area contributed by atoms with Crippen molar-refractivity contribution in [2.24, 2.45) is 0 Å². The van der Waals surface area contributed by atoms with Crippen molar-refractivity contribution in [1.82, 2.24) is 16.0 Å². The van der Waals surface area contributed by atoms with Crippen molar-refractivity contribution in [3.05, 3.63) is 35.4 Å². The van der Waals surface area contributed by atoms with Crippen LogP contribution in [-0.4, -0.2) is 41.8 Å².